The molecule has 0 bridgehead atoms. The van der Waals surface area contributed by atoms with E-state index in [-0.39, 0.29) is 29.7 Å². The van der Waals surface area contributed by atoms with Crippen LogP contribution in [0.4, 0.5) is 0 Å². The number of benzene rings is 3. The lowest BCUT2D eigenvalue weighted by Gasteiger charge is -2.33. The summed E-state index contributed by atoms with van der Waals surface area (Å²) in [5.74, 6) is -1.12. The summed E-state index contributed by atoms with van der Waals surface area (Å²) in [6.07, 6.45) is 0. The van der Waals surface area contributed by atoms with Crippen LogP contribution in [0.5, 0.6) is 0 Å². The molecule has 0 radical (unpaired) electrons. The van der Waals surface area contributed by atoms with Crippen LogP contribution in [0.3, 0.4) is 0 Å². The fraction of sp³-hybridized carbons (Fsp3) is 0.208. The van der Waals surface area contributed by atoms with Gasteiger partial charge in [-0.1, -0.05) is 48.5 Å². The van der Waals surface area contributed by atoms with Crippen molar-refractivity contribution in [2.24, 2.45) is 5.73 Å². The largest absolute Gasteiger partial charge is 0.481 e. The number of piperazine rings is 1. The van der Waals surface area contributed by atoms with E-state index in [1.165, 1.54) is 4.31 Å². The number of nitrogens with one attached hydrogen (secondary N) is 1. The second kappa shape index (κ2) is 10.4. The van der Waals surface area contributed by atoms with Gasteiger partial charge < -0.3 is 15.7 Å². The topological polar surface area (TPSA) is 145 Å². The molecule has 3 aromatic carbocycles. The molecule has 1 aliphatic rings. The number of nitrogens with zero attached hydrogens (tertiary/aromatic N) is 2. The molecule has 0 aromatic heterocycles. The van der Waals surface area contributed by atoms with Crippen molar-refractivity contribution < 1.29 is 23.1 Å². The zero-order valence-corrected chi connectivity index (χ0v) is 19.5. The van der Waals surface area contributed by atoms with Gasteiger partial charge in [-0.05, 0) is 34.5 Å². The average Bonchev–Trinajstić information content (AvgIpc) is 2.80. The molecule has 9 nitrogen and oxygen atoms in total. The van der Waals surface area contributed by atoms with Crippen molar-refractivity contribution in [3.63, 3.8) is 0 Å². The number of carboxylic acid groups (broad SMARTS) is 1. The third-order valence-electron chi connectivity index (χ3n) is 5.25. The van der Waals surface area contributed by atoms with E-state index >= 15 is 0 Å². The molecule has 3 aromatic rings. The molecule has 0 unspecified atom stereocenters. The molecule has 178 valence electrons. The molecule has 34 heavy (non-hydrogen) atoms. The van der Waals surface area contributed by atoms with Crippen LogP contribution in [-0.4, -0.2) is 60.1 Å². The number of aliphatic carboxylic acids is 1. The van der Waals surface area contributed by atoms with Gasteiger partial charge in [-0.25, -0.2) is 8.42 Å². The van der Waals surface area contributed by atoms with Crippen LogP contribution in [0.2, 0.25) is 0 Å². The van der Waals surface area contributed by atoms with Gasteiger partial charge in [0.15, 0.2) is 0 Å². The number of hydrogen-bond donors (Lipinski definition) is 3. The summed E-state index contributed by atoms with van der Waals surface area (Å²) < 4.78 is 27.4. The monoisotopic (exact) mass is 482 g/mol. The van der Waals surface area contributed by atoms with Crippen LogP contribution >= 0.6 is 0 Å². The van der Waals surface area contributed by atoms with Gasteiger partial charge in [0.2, 0.25) is 15.9 Å². The van der Waals surface area contributed by atoms with Gasteiger partial charge in [0, 0.05) is 32.1 Å². The Morgan fingerprint density at radius 3 is 2.35 bits per heavy atom. The van der Waals surface area contributed by atoms with Gasteiger partial charge in [-0.15, -0.1) is 0 Å². The number of amides is 1. The number of rotatable bonds is 5. The summed E-state index contributed by atoms with van der Waals surface area (Å²) in [6, 6.07) is 19.7. The third kappa shape index (κ3) is 5.97. The predicted octanol–water partition coefficient (Wildman–Crippen LogP) is 2.25. The Kier molecular flexibility index (Phi) is 7.64. The molecule has 1 fully saturated rings. The molecule has 1 saturated heterocycles. The zero-order chi connectivity index (χ0) is 24.9. The number of sulfonamides is 1. The summed E-state index contributed by atoms with van der Waals surface area (Å²) in [4.78, 5) is 23.5. The molecule has 1 amide bonds. The molecule has 0 aliphatic carbocycles. The number of fused-ring (bicyclic) bond motifs is 1. The number of nitrogens with two attached hydrogens (primary N) is 1. The molecular weight excluding hydrogens is 456 g/mol. The first kappa shape index (κ1) is 24.9. The first-order valence-electron chi connectivity index (χ1n) is 10.5. The molecule has 1 aliphatic heterocycles. The van der Waals surface area contributed by atoms with Gasteiger partial charge >= 0.3 is 0 Å². The van der Waals surface area contributed by atoms with Crippen molar-refractivity contribution >= 4 is 38.5 Å². The lowest BCUT2D eigenvalue weighted by Crippen LogP contribution is -2.51. The Labute approximate surface area is 198 Å². The van der Waals surface area contributed by atoms with Gasteiger partial charge in [0.25, 0.3) is 5.97 Å². The van der Waals surface area contributed by atoms with Crippen LogP contribution < -0.4 is 5.73 Å². The molecule has 0 atom stereocenters. The highest BCUT2D eigenvalue weighted by atomic mass is 32.2. The summed E-state index contributed by atoms with van der Waals surface area (Å²) in [7, 11) is -3.76. The van der Waals surface area contributed by atoms with Gasteiger partial charge in [-0.2, -0.15) is 4.31 Å². The van der Waals surface area contributed by atoms with Gasteiger partial charge in [0.05, 0.1) is 11.4 Å². The number of carbonyl (C=O) groups is 2. The minimum absolute atomic E-state index is 0.0329. The highest BCUT2D eigenvalue weighted by Gasteiger charge is 2.32. The molecule has 0 spiro atoms. The zero-order valence-electron chi connectivity index (χ0n) is 18.6. The normalized spacial score (nSPS) is 14.4. The predicted molar refractivity (Wildman–Crippen MR) is 129 cm³/mol. The maximum Gasteiger partial charge on any atom is 0.300 e. The minimum Gasteiger partial charge on any atom is -0.481 e. The van der Waals surface area contributed by atoms with E-state index < -0.39 is 16.0 Å². The van der Waals surface area contributed by atoms with Crippen molar-refractivity contribution in [3.8, 4) is 0 Å². The van der Waals surface area contributed by atoms with Crippen LogP contribution in [0.25, 0.3) is 10.8 Å². The first-order chi connectivity index (χ1) is 16.1. The van der Waals surface area contributed by atoms with E-state index in [0.717, 1.165) is 23.3 Å². The Balaban J connectivity index is 0.000000751. The fourth-order valence-electron chi connectivity index (χ4n) is 3.59. The third-order valence-corrected chi connectivity index (χ3v) is 7.09. The quantitative estimate of drug-likeness (QED) is 0.376. The highest BCUT2D eigenvalue weighted by Crippen LogP contribution is 2.23. The molecule has 4 N–H and O–H groups in total. The van der Waals surface area contributed by atoms with Crippen LogP contribution in [-0.2, 0) is 26.2 Å². The molecule has 4 rings (SSSR count). The second-order valence-corrected chi connectivity index (χ2v) is 9.73. The maximum atomic E-state index is 13.1. The van der Waals surface area contributed by atoms with E-state index in [9.17, 15) is 13.2 Å². The summed E-state index contributed by atoms with van der Waals surface area (Å²) in [6.45, 7) is 1.77. The summed E-state index contributed by atoms with van der Waals surface area (Å²) in [5, 5.41) is 16.8. The van der Waals surface area contributed by atoms with Crippen molar-refractivity contribution in [1.29, 1.82) is 5.41 Å². The lowest BCUT2D eigenvalue weighted by atomic mass is 10.1. The molecule has 1 heterocycles. The minimum atomic E-state index is -3.76. The lowest BCUT2D eigenvalue weighted by molar-refractivity contribution is -0.135. The number of hydrogen-bond acceptors (Lipinski definition) is 5. The Morgan fingerprint density at radius 2 is 1.71 bits per heavy atom. The maximum absolute atomic E-state index is 13.1. The van der Waals surface area contributed by atoms with E-state index in [4.69, 9.17) is 21.0 Å². The van der Waals surface area contributed by atoms with Crippen LogP contribution in [0.1, 0.15) is 18.1 Å². The SMILES string of the molecule is CC(=O)O.N=C(N)c1cccc(CN2CCN(S(=O)(=O)c3ccc4ccccc4c3)CC2=O)c1. The highest BCUT2D eigenvalue weighted by molar-refractivity contribution is 7.89. The van der Waals surface area contributed by atoms with E-state index in [1.54, 1.807) is 41.3 Å². The standard InChI is InChI=1S/C22H22N4O3S.C2H4O2/c23-22(24)19-7-3-4-16(12-19)14-25-10-11-26(15-21(25)27)30(28,29)20-9-8-17-5-1-2-6-18(17)13-20;1-2(3)4/h1-9,12-13H,10-11,14-15H2,(H3,23,24);1H3,(H,3,4). The average molecular weight is 483 g/mol. The molecule has 10 heteroatoms. The van der Waals surface area contributed by atoms with Crippen molar-refractivity contribution in [1.82, 2.24) is 9.21 Å². The van der Waals surface area contributed by atoms with Crippen molar-refractivity contribution in [3.05, 3.63) is 77.9 Å². The van der Waals surface area contributed by atoms with Gasteiger partial charge in [-0.3, -0.25) is 15.0 Å². The first-order valence-corrected chi connectivity index (χ1v) is 11.9. The van der Waals surface area contributed by atoms with Crippen LogP contribution in [0.15, 0.2) is 71.6 Å². The van der Waals surface area contributed by atoms with E-state index in [0.29, 0.717) is 18.7 Å². The van der Waals surface area contributed by atoms with Gasteiger partial charge in [0.1, 0.15) is 5.84 Å². The number of carboxylic acids is 1. The van der Waals surface area contributed by atoms with Crippen molar-refractivity contribution in [2.75, 3.05) is 19.6 Å². The van der Waals surface area contributed by atoms with Crippen molar-refractivity contribution in [2.45, 2.75) is 18.4 Å². The summed E-state index contributed by atoms with van der Waals surface area (Å²) in [5.41, 5.74) is 6.97. The second-order valence-electron chi connectivity index (χ2n) is 7.80. The van der Waals surface area contributed by atoms with Crippen LogP contribution in [0, 0.1) is 5.41 Å². The fourth-order valence-corrected chi connectivity index (χ4v) is 5.01. The Hall–Kier alpha value is -3.76. The Bertz CT molecular complexity index is 1340. The summed E-state index contributed by atoms with van der Waals surface area (Å²) >= 11 is 0. The number of amidine groups is 1. The molecular formula is C24H26N4O5S. The number of carbonyl (C=O) groups excluding carboxylic acids is 1. The Morgan fingerprint density at radius 1 is 1.03 bits per heavy atom. The van der Waals surface area contributed by atoms with E-state index in [2.05, 4.69) is 0 Å². The molecule has 0 saturated carbocycles. The van der Waals surface area contributed by atoms with E-state index in [1.807, 2.05) is 30.3 Å². The number of nitrogen functional groups attached to an aromatic ring is 1. The smallest absolute Gasteiger partial charge is 0.300 e.